The van der Waals surface area contributed by atoms with Crippen LogP contribution in [-0.2, 0) is 0 Å². The molecule has 4 nitrogen and oxygen atoms in total. The van der Waals surface area contributed by atoms with Gasteiger partial charge in [-0.1, -0.05) is 43.7 Å². The maximum absolute atomic E-state index is 8.82. The van der Waals surface area contributed by atoms with Gasteiger partial charge >= 0.3 is 0 Å². The lowest BCUT2D eigenvalue weighted by Crippen LogP contribution is -2.49. The van der Waals surface area contributed by atoms with Crippen molar-refractivity contribution < 1.29 is 5.21 Å². The van der Waals surface area contributed by atoms with Gasteiger partial charge in [0.2, 0.25) is 0 Å². The lowest BCUT2D eigenvalue weighted by molar-refractivity contribution is 0.0971. The van der Waals surface area contributed by atoms with Crippen LogP contribution in [-0.4, -0.2) is 34.6 Å². The fourth-order valence-corrected chi connectivity index (χ4v) is 3.60. The van der Waals surface area contributed by atoms with Gasteiger partial charge in [-0.15, -0.1) is 0 Å². The summed E-state index contributed by atoms with van der Waals surface area (Å²) >= 11 is 0. The maximum atomic E-state index is 8.82. The molecule has 2 fully saturated rings. The van der Waals surface area contributed by atoms with Crippen LogP contribution in [0.3, 0.4) is 0 Å². The molecule has 4 heteroatoms. The topological polar surface area (TPSA) is 61.8 Å². The molecule has 0 aromatic heterocycles. The van der Waals surface area contributed by atoms with Crippen molar-refractivity contribution in [2.24, 2.45) is 10.9 Å². The van der Waals surface area contributed by atoms with E-state index in [2.05, 4.69) is 10.1 Å². The molecular weight excluding hydrogens is 226 g/mol. The van der Waals surface area contributed by atoms with Gasteiger partial charge in [-0.2, -0.15) is 0 Å². The van der Waals surface area contributed by atoms with Gasteiger partial charge < -0.3 is 10.9 Å². The van der Waals surface area contributed by atoms with Gasteiger partial charge in [-0.05, 0) is 25.7 Å². The summed E-state index contributed by atoms with van der Waals surface area (Å²) in [4.78, 5) is 2.54. The van der Waals surface area contributed by atoms with Crippen LogP contribution in [0.4, 0.5) is 0 Å². The highest BCUT2D eigenvalue weighted by Gasteiger charge is 2.29. The third-order valence-electron chi connectivity index (χ3n) is 4.56. The first-order chi connectivity index (χ1) is 8.81. The quantitative estimate of drug-likeness (QED) is 0.350. The molecule has 0 saturated heterocycles. The molecular formula is C14H27N3O. The van der Waals surface area contributed by atoms with Crippen molar-refractivity contribution in [3.63, 3.8) is 0 Å². The smallest absolute Gasteiger partial charge is 0.153 e. The monoisotopic (exact) mass is 253 g/mol. The maximum Gasteiger partial charge on any atom is 0.153 e. The minimum Gasteiger partial charge on any atom is -0.409 e. The average Bonchev–Trinajstić information content (AvgIpc) is 2.46. The summed E-state index contributed by atoms with van der Waals surface area (Å²) in [6.07, 6.45) is 13.2. The average molecular weight is 253 g/mol. The van der Waals surface area contributed by atoms with Crippen molar-refractivity contribution in [2.75, 3.05) is 6.54 Å². The van der Waals surface area contributed by atoms with Crippen molar-refractivity contribution in [2.45, 2.75) is 76.3 Å². The van der Waals surface area contributed by atoms with E-state index in [-0.39, 0.29) is 0 Å². The zero-order valence-electron chi connectivity index (χ0n) is 11.4. The first kappa shape index (κ1) is 13.7. The van der Waals surface area contributed by atoms with Crippen molar-refractivity contribution in [1.82, 2.24) is 4.90 Å². The predicted molar refractivity (Wildman–Crippen MR) is 73.9 cm³/mol. The fraction of sp³-hybridized carbons (Fsp3) is 0.929. The van der Waals surface area contributed by atoms with Crippen molar-refractivity contribution in [3.05, 3.63) is 0 Å². The SMILES string of the molecule is N/C(CN(C1CCCCC1)C1CCCCC1)=N\O. The molecule has 104 valence electrons. The normalized spacial score (nSPS) is 24.6. The van der Waals surface area contributed by atoms with E-state index >= 15 is 0 Å². The summed E-state index contributed by atoms with van der Waals surface area (Å²) in [6.45, 7) is 0.645. The summed E-state index contributed by atoms with van der Waals surface area (Å²) in [5.74, 6) is 0.367. The molecule has 0 unspecified atom stereocenters. The summed E-state index contributed by atoms with van der Waals surface area (Å²) < 4.78 is 0. The highest BCUT2D eigenvalue weighted by atomic mass is 16.4. The van der Waals surface area contributed by atoms with Crippen LogP contribution in [0.1, 0.15) is 64.2 Å². The van der Waals surface area contributed by atoms with E-state index in [4.69, 9.17) is 10.9 Å². The molecule has 18 heavy (non-hydrogen) atoms. The van der Waals surface area contributed by atoms with E-state index in [1.54, 1.807) is 0 Å². The lowest BCUT2D eigenvalue weighted by atomic mass is 9.88. The molecule has 0 bridgehead atoms. The van der Waals surface area contributed by atoms with Crippen LogP contribution in [0, 0.1) is 0 Å². The molecule has 2 saturated carbocycles. The minimum absolute atomic E-state index is 0.367. The molecule has 0 amide bonds. The highest BCUT2D eigenvalue weighted by molar-refractivity contribution is 5.81. The largest absolute Gasteiger partial charge is 0.409 e. The predicted octanol–water partition coefficient (Wildman–Crippen LogP) is 2.70. The van der Waals surface area contributed by atoms with E-state index in [0.717, 1.165) is 0 Å². The molecule has 3 N–H and O–H groups in total. The Hall–Kier alpha value is -0.770. The molecule has 0 aliphatic heterocycles. The van der Waals surface area contributed by atoms with Crippen LogP contribution >= 0.6 is 0 Å². The Morgan fingerprint density at radius 3 is 1.78 bits per heavy atom. The number of rotatable bonds is 4. The molecule has 0 aromatic rings. The molecule has 0 spiro atoms. The first-order valence-corrected chi connectivity index (χ1v) is 7.53. The molecule has 0 atom stereocenters. The molecule has 0 radical (unpaired) electrons. The molecule has 0 aromatic carbocycles. The number of nitrogens with two attached hydrogens (primary N) is 1. The zero-order valence-corrected chi connectivity index (χ0v) is 11.4. The van der Waals surface area contributed by atoms with Crippen molar-refractivity contribution >= 4 is 5.84 Å². The van der Waals surface area contributed by atoms with Crippen molar-refractivity contribution in [1.29, 1.82) is 0 Å². The van der Waals surface area contributed by atoms with Gasteiger partial charge in [0.25, 0.3) is 0 Å². The Morgan fingerprint density at radius 2 is 1.39 bits per heavy atom. The second-order valence-corrected chi connectivity index (χ2v) is 5.85. The van der Waals surface area contributed by atoms with Gasteiger partial charge in [0.1, 0.15) is 0 Å². The number of oxime groups is 1. The first-order valence-electron chi connectivity index (χ1n) is 7.53. The van der Waals surface area contributed by atoms with Crippen LogP contribution in [0.15, 0.2) is 5.16 Å². The minimum atomic E-state index is 0.367. The van der Waals surface area contributed by atoms with Gasteiger partial charge in [-0.3, -0.25) is 4.90 Å². The number of hydrogen-bond acceptors (Lipinski definition) is 3. The second-order valence-electron chi connectivity index (χ2n) is 5.85. The lowest BCUT2D eigenvalue weighted by Gasteiger charge is -2.41. The Morgan fingerprint density at radius 1 is 0.944 bits per heavy atom. The second kappa shape index (κ2) is 6.98. The Kier molecular flexibility index (Phi) is 5.29. The van der Waals surface area contributed by atoms with Crippen LogP contribution in [0.2, 0.25) is 0 Å². The van der Waals surface area contributed by atoms with E-state index in [1.807, 2.05) is 0 Å². The van der Waals surface area contributed by atoms with Gasteiger partial charge in [0.05, 0.1) is 6.54 Å². The van der Waals surface area contributed by atoms with Gasteiger partial charge in [-0.25, -0.2) is 0 Å². The van der Waals surface area contributed by atoms with Crippen LogP contribution in [0.25, 0.3) is 0 Å². The Bertz CT molecular complexity index is 250. The Balaban J connectivity index is 2.00. The molecule has 0 heterocycles. The van der Waals surface area contributed by atoms with E-state index < -0.39 is 0 Å². The van der Waals surface area contributed by atoms with E-state index in [1.165, 1.54) is 64.2 Å². The highest BCUT2D eigenvalue weighted by Crippen LogP contribution is 2.29. The van der Waals surface area contributed by atoms with Gasteiger partial charge in [0, 0.05) is 12.1 Å². The van der Waals surface area contributed by atoms with Crippen LogP contribution < -0.4 is 5.73 Å². The summed E-state index contributed by atoms with van der Waals surface area (Å²) in [5.41, 5.74) is 5.75. The third kappa shape index (κ3) is 3.61. The summed E-state index contributed by atoms with van der Waals surface area (Å²) in [7, 11) is 0. The van der Waals surface area contributed by atoms with Gasteiger partial charge in [0.15, 0.2) is 5.84 Å². The molecule has 2 aliphatic rings. The van der Waals surface area contributed by atoms with Crippen molar-refractivity contribution in [3.8, 4) is 0 Å². The summed E-state index contributed by atoms with van der Waals surface area (Å²) in [5, 5.41) is 12.0. The van der Waals surface area contributed by atoms with Crippen LogP contribution in [0.5, 0.6) is 0 Å². The number of hydrogen-bond donors (Lipinski definition) is 2. The fourth-order valence-electron chi connectivity index (χ4n) is 3.60. The third-order valence-corrected chi connectivity index (χ3v) is 4.56. The summed E-state index contributed by atoms with van der Waals surface area (Å²) in [6, 6.07) is 1.31. The Labute approximate surface area is 110 Å². The number of nitrogens with zero attached hydrogens (tertiary/aromatic N) is 2. The molecule has 2 aliphatic carbocycles. The standard InChI is InChI=1S/C14H27N3O/c15-14(16-18)11-17(12-7-3-1-4-8-12)13-9-5-2-6-10-13/h12-13,18H,1-11H2,(H2,15,16). The van der Waals surface area contributed by atoms with E-state index in [0.29, 0.717) is 24.5 Å². The zero-order chi connectivity index (χ0) is 12.8. The van der Waals surface area contributed by atoms with E-state index in [9.17, 15) is 0 Å². The molecule has 2 rings (SSSR count). The number of amidine groups is 1.